The van der Waals surface area contributed by atoms with E-state index in [0.717, 1.165) is 10.4 Å². The first kappa shape index (κ1) is 12.6. The zero-order valence-corrected chi connectivity index (χ0v) is 11.2. The number of carbonyl (C=O) groups excluding carboxylic acids is 1. The average Bonchev–Trinajstić information content (AvgIpc) is 2.75. The lowest BCUT2D eigenvalue weighted by molar-refractivity contribution is 0.0948. The molecule has 1 aromatic carbocycles. The number of nitrogens with one attached hydrogen (secondary N) is 1. The number of aromatic hydroxyl groups is 1. The Kier molecular flexibility index (Phi) is 3.67. The first-order valence-electron chi connectivity index (χ1n) is 5.68. The number of benzene rings is 1. The molecule has 0 atom stereocenters. The summed E-state index contributed by atoms with van der Waals surface area (Å²) in [4.78, 5) is 13.1. The Morgan fingerprint density at radius 1 is 1.33 bits per heavy atom. The van der Waals surface area contributed by atoms with Crippen LogP contribution >= 0.6 is 11.3 Å². The van der Waals surface area contributed by atoms with E-state index in [1.54, 1.807) is 29.5 Å². The summed E-state index contributed by atoms with van der Waals surface area (Å²) < 4.78 is 0. The van der Waals surface area contributed by atoms with E-state index < -0.39 is 0 Å². The highest BCUT2D eigenvalue weighted by atomic mass is 32.1. The summed E-state index contributed by atoms with van der Waals surface area (Å²) in [6.07, 6.45) is 0. The summed E-state index contributed by atoms with van der Waals surface area (Å²) in [6, 6.07) is 7.03. The van der Waals surface area contributed by atoms with E-state index in [2.05, 4.69) is 5.32 Å². The molecule has 0 saturated heterocycles. The van der Waals surface area contributed by atoms with Gasteiger partial charge in [0, 0.05) is 4.88 Å². The van der Waals surface area contributed by atoms with Gasteiger partial charge < -0.3 is 10.4 Å². The van der Waals surface area contributed by atoms with Gasteiger partial charge in [-0.1, -0.05) is 11.6 Å². The fourth-order valence-electron chi connectivity index (χ4n) is 1.67. The second-order valence-corrected chi connectivity index (χ2v) is 5.23. The van der Waals surface area contributed by atoms with E-state index in [1.807, 2.05) is 25.3 Å². The van der Waals surface area contributed by atoms with Gasteiger partial charge in [-0.05, 0) is 43.0 Å². The molecule has 2 aromatic rings. The molecule has 0 saturated carbocycles. The summed E-state index contributed by atoms with van der Waals surface area (Å²) in [5.74, 6) is -0.231. The van der Waals surface area contributed by atoms with Crippen LogP contribution in [0.2, 0.25) is 0 Å². The molecule has 94 valence electrons. The van der Waals surface area contributed by atoms with Crippen LogP contribution in [-0.4, -0.2) is 11.0 Å². The first-order valence-corrected chi connectivity index (χ1v) is 6.56. The molecule has 0 aliphatic heterocycles. The van der Waals surface area contributed by atoms with Gasteiger partial charge in [0.1, 0.15) is 5.75 Å². The molecule has 0 aliphatic carbocycles. The smallest absolute Gasteiger partial charge is 0.255 e. The summed E-state index contributed by atoms with van der Waals surface area (Å²) in [6.45, 7) is 4.40. The highest BCUT2D eigenvalue weighted by Crippen LogP contribution is 2.19. The van der Waals surface area contributed by atoms with Gasteiger partial charge in [0.25, 0.3) is 5.91 Å². The minimum Gasteiger partial charge on any atom is -0.507 e. The predicted molar refractivity (Wildman–Crippen MR) is 73.1 cm³/mol. The SMILES string of the molecule is Cc1ccc(O)c(C(=O)NCc2sccc2C)c1. The van der Waals surface area contributed by atoms with Gasteiger partial charge >= 0.3 is 0 Å². The topological polar surface area (TPSA) is 49.3 Å². The van der Waals surface area contributed by atoms with E-state index in [-0.39, 0.29) is 11.7 Å². The number of thiophene rings is 1. The van der Waals surface area contributed by atoms with Crippen molar-refractivity contribution < 1.29 is 9.90 Å². The predicted octanol–water partition coefficient (Wildman–Crippen LogP) is 3.00. The van der Waals surface area contributed by atoms with Crippen LogP contribution in [0, 0.1) is 13.8 Å². The van der Waals surface area contributed by atoms with Crippen molar-refractivity contribution in [3.05, 3.63) is 51.2 Å². The van der Waals surface area contributed by atoms with Gasteiger partial charge in [-0.25, -0.2) is 0 Å². The quantitative estimate of drug-likeness (QED) is 0.892. The number of phenolic OH excluding ortho intramolecular Hbond substituents is 1. The van der Waals surface area contributed by atoms with Crippen LogP contribution in [0.15, 0.2) is 29.6 Å². The Balaban J connectivity index is 2.08. The van der Waals surface area contributed by atoms with E-state index >= 15 is 0 Å². The zero-order chi connectivity index (χ0) is 13.1. The second-order valence-electron chi connectivity index (χ2n) is 4.23. The number of phenols is 1. The van der Waals surface area contributed by atoms with Crippen molar-refractivity contribution in [1.29, 1.82) is 0 Å². The van der Waals surface area contributed by atoms with E-state index in [9.17, 15) is 9.90 Å². The molecule has 0 fully saturated rings. The Morgan fingerprint density at radius 3 is 2.78 bits per heavy atom. The van der Waals surface area contributed by atoms with Crippen LogP contribution in [0.25, 0.3) is 0 Å². The molecular formula is C14H15NO2S. The molecule has 0 aliphatic rings. The third-order valence-corrected chi connectivity index (χ3v) is 3.80. The molecule has 4 heteroatoms. The molecule has 2 rings (SSSR count). The third kappa shape index (κ3) is 2.71. The summed E-state index contributed by atoms with van der Waals surface area (Å²) >= 11 is 1.62. The van der Waals surface area contributed by atoms with Crippen LogP contribution in [-0.2, 0) is 6.54 Å². The van der Waals surface area contributed by atoms with Crippen molar-refractivity contribution in [2.45, 2.75) is 20.4 Å². The molecule has 0 spiro atoms. The number of rotatable bonds is 3. The van der Waals surface area contributed by atoms with Crippen molar-refractivity contribution in [2.75, 3.05) is 0 Å². The largest absolute Gasteiger partial charge is 0.507 e. The van der Waals surface area contributed by atoms with Gasteiger partial charge in [0.05, 0.1) is 12.1 Å². The van der Waals surface area contributed by atoms with Crippen LogP contribution in [0.5, 0.6) is 5.75 Å². The standard InChI is InChI=1S/C14H15NO2S/c1-9-3-4-12(16)11(7-9)14(17)15-8-13-10(2)5-6-18-13/h3-7,16H,8H2,1-2H3,(H,15,17). The maximum absolute atomic E-state index is 12.0. The zero-order valence-electron chi connectivity index (χ0n) is 10.4. The van der Waals surface area contributed by atoms with Crippen molar-refractivity contribution in [1.82, 2.24) is 5.32 Å². The molecule has 0 unspecified atom stereocenters. The third-order valence-electron chi connectivity index (χ3n) is 2.77. The highest BCUT2D eigenvalue weighted by Gasteiger charge is 2.11. The normalized spacial score (nSPS) is 10.3. The van der Waals surface area contributed by atoms with E-state index in [1.165, 1.54) is 5.56 Å². The molecule has 2 N–H and O–H groups in total. The number of amides is 1. The molecule has 0 radical (unpaired) electrons. The molecule has 1 heterocycles. The summed E-state index contributed by atoms with van der Waals surface area (Å²) in [5, 5.41) is 14.5. The summed E-state index contributed by atoms with van der Waals surface area (Å²) in [7, 11) is 0. The Bertz CT molecular complexity index is 575. The maximum Gasteiger partial charge on any atom is 0.255 e. The number of hydrogen-bond donors (Lipinski definition) is 2. The molecule has 18 heavy (non-hydrogen) atoms. The minimum atomic E-state index is -0.246. The fourth-order valence-corrected chi connectivity index (χ4v) is 2.52. The maximum atomic E-state index is 12.0. The number of hydrogen-bond acceptors (Lipinski definition) is 3. The summed E-state index contributed by atoms with van der Waals surface area (Å²) in [5.41, 5.74) is 2.45. The Labute approximate surface area is 110 Å². The molecule has 3 nitrogen and oxygen atoms in total. The van der Waals surface area contributed by atoms with Crippen LogP contribution < -0.4 is 5.32 Å². The first-order chi connectivity index (χ1) is 8.58. The van der Waals surface area contributed by atoms with Gasteiger partial charge in [-0.15, -0.1) is 11.3 Å². The van der Waals surface area contributed by atoms with Gasteiger partial charge in [0.15, 0.2) is 0 Å². The molecule has 1 aromatic heterocycles. The average molecular weight is 261 g/mol. The fraction of sp³-hybridized carbons (Fsp3) is 0.214. The van der Waals surface area contributed by atoms with Gasteiger partial charge in [0.2, 0.25) is 0 Å². The van der Waals surface area contributed by atoms with Crippen molar-refractivity contribution in [3.8, 4) is 5.75 Å². The Hall–Kier alpha value is -1.81. The number of aryl methyl sites for hydroxylation is 2. The second kappa shape index (κ2) is 5.23. The van der Waals surface area contributed by atoms with Crippen LogP contribution in [0.3, 0.4) is 0 Å². The monoisotopic (exact) mass is 261 g/mol. The van der Waals surface area contributed by atoms with Gasteiger partial charge in [-0.2, -0.15) is 0 Å². The Morgan fingerprint density at radius 2 is 2.11 bits per heavy atom. The minimum absolute atomic E-state index is 0.0148. The van der Waals surface area contributed by atoms with Crippen molar-refractivity contribution >= 4 is 17.2 Å². The van der Waals surface area contributed by atoms with Crippen LogP contribution in [0.1, 0.15) is 26.4 Å². The lowest BCUT2D eigenvalue weighted by Crippen LogP contribution is -2.22. The van der Waals surface area contributed by atoms with Crippen molar-refractivity contribution in [3.63, 3.8) is 0 Å². The van der Waals surface area contributed by atoms with E-state index in [0.29, 0.717) is 12.1 Å². The lowest BCUT2D eigenvalue weighted by atomic mass is 10.1. The number of carbonyl (C=O) groups is 1. The van der Waals surface area contributed by atoms with Crippen LogP contribution in [0.4, 0.5) is 0 Å². The lowest BCUT2D eigenvalue weighted by Gasteiger charge is -2.07. The van der Waals surface area contributed by atoms with E-state index in [4.69, 9.17) is 0 Å². The van der Waals surface area contributed by atoms with Gasteiger partial charge in [-0.3, -0.25) is 4.79 Å². The molecule has 0 bridgehead atoms. The molecular weight excluding hydrogens is 246 g/mol. The van der Waals surface area contributed by atoms with Crippen molar-refractivity contribution in [2.24, 2.45) is 0 Å². The highest BCUT2D eigenvalue weighted by molar-refractivity contribution is 7.10. The molecule has 1 amide bonds.